The van der Waals surface area contributed by atoms with Gasteiger partial charge in [0.1, 0.15) is 0 Å². The minimum absolute atomic E-state index is 0.0109. The fraction of sp³-hybridized carbons (Fsp3) is 0.0476. The third-order valence-corrected chi connectivity index (χ3v) is 5.17. The SMILES string of the molecule is C=CC(=O)Sc1ccc(C=Cc2ccc(SC(=O)C=C)cc2C(F)(F)F)cc1. The molecule has 0 fully saturated rings. The second-order valence-electron chi connectivity index (χ2n) is 5.40. The summed E-state index contributed by atoms with van der Waals surface area (Å²) in [5, 5.41) is -0.615. The first kappa shape index (κ1) is 21.8. The highest BCUT2D eigenvalue weighted by molar-refractivity contribution is 8.14. The van der Waals surface area contributed by atoms with Crippen molar-refractivity contribution in [1.29, 1.82) is 0 Å². The summed E-state index contributed by atoms with van der Waals surface area (Å²) in [6, 6.07) is 10.6. The average Bonchev–Trinajstić information content (AvgIpc) is 2.67. The van der Waals surface area contributed by atoms with Crippen LogP contribution in [0.25, 0.3) is 12.2 Å². The maximum absolute atomic E-state index is 13.4. The van der Waals surface area contributed by atoms with Crippen molar-refractivity contribution < 1.29 is 22.8 Å². The number of hydrogen-bond donors (Lipinski definition) is 0. The van der Waals surface area contributed by atoms with Gasteiger partial charge in [0, 0.05) is 9.79 Å². The maximum Gasteiger partial charge on any atom is 0.417 e. The van der Waals surface area contributed by atoms with Gasteiger partial charge < -0.3 is 0 Å². The zero-order valence-electron chi connectivity index (χ0n) is 14.5. The van der Waals surface area contributed by atoms with E-state index in [1.807, 2.05) is 0 Å². The van der Waals surface area contributed by atoms with Crippen LogP contribution in [0.1, 0.15) is 16.7 Å². The molecule has 0 heterocycles. The predicted molar refractivity (Wildman–Crippen MR) is 109 cm³/mol. The van der Waals surface area contributed by atoms with Crippen LogP contribution in [0.4, 0.5) is 13.2 Å². The summed E-state index contributed by atoms with van der Waals surface area (Å²) in [6.07, 6.45) is 0.622. The van der Waals surface area contributed by atoms with E-state index in [1.165, 1.54) is 24.3 Å². The van der Waals surface area contributed by atoms with Crippen LogP contribution in [0.15, 0.2) is 77.6 Å². The number of halogens is 3. The van der Waals surface area contributed by atoms with E-state index >= 15 is 0 Å². The molecule has 144 valence electrons. The number of thioether (sulfide) groups is 2. The normalized spacial score (nSPS) is 11.4. The lowest BCUT2D eigenvalue weighted by Crippen LogP contribution is -2.07. The average molecular weight is 420 g/mol. The number of carbonyl (C=O) groups excluding carboxylic acids is 2. The van der Waals surface area contributed by atoms with Gasteiger partial charge in [0.25, 0.3) is 0 Å². The largest absolute Gasteiger partial charge is 0.417 e. The second-order valence-corrected chi connectivity index (χ2v) is 7.56. The van der Waals surface area contributed by atoms with E-state index in [4.69, 9.17) is 0 Å². The fourth-order valence-electron chi connectivity index (χ4n) is 2.14. The summed E-state index contributed by atoms with van der Waals surface area (Å²) >= 11 is 1.70. The fourth-order valence-corrected chi connectivity index (χ4v) is 3.35. The van der Waals surface area contributed by atoms with Gasteiger partial charge in [-0.1, -0.05) is 43.5 Å². The Kier molecular flexibility index (Phi) is 7.48. The summed E-state index contributed by atoms with van der Waals surface area (Å²) in [5.74, 6) is 0. The van der Waals surface area contributed by atoms with E-state index in [9.17, 15) is 22.8 Å². The van der Waals surface area contributed by atoms with Gasteiger partial charge in [0.05, 0.1) is 5.56 Å². The van der Waals surface area contributed by atoms with Crippen LogP contribution in [-0.2, 0) is 15.8 Å². The summed E-state index contributed by atoms with van der Waals surface area (Å²) in [4.78, 5) is 23.6. The van der Waals surface area contributed by atoms with Crippen molar-refractivity contribution in [1.82, 2.24) is 0 Å². The van der Waals surface area contributed by atoms with Crippen molar-refractivity contribution >= 4 is 45.9 Å². The number of carbonyl (C=O) groups is 2. The van der Waals surface area contributed by atoms with Crippen molar-refractivity contribution in [3.63, 3.8) is 0 Å². The van der Waals surface area contributed by atoms with E-state index in [0.29, 0.717) is 22.2 Å². The van der Waals surface area contributed by atoms with Crippen LogP contribution in [-0.4, -0.2) is 10.2 Å². The van der Waals surface area contributed by atoms with Crippen molar-refractivity contribution in [3.05, 3.63) is 84.5 Å². The molecular weight excluding hydrogens is 405 g/mol. The van der Waals surface area contributed by atoms with Gasteiger partial charge in [-0.2, -0.15) is 13.2 Å². The molecular formula is C21H15F3O2S2. The predicted octanol–water partition coefficient (Wildman–Crippen LogP) is 6.49. The van der Waals surface area contributed by atoms with E-state index in [-0.39, 0.29) is 15.6 Å². The quantitative estimate of drug-likeness (QED) is 0.304. The summed E-state index contributed by atoms with van der Waals surface area (Å²) in [7, 11) is 0. The van der Waals surface area contributed by atoms with Gasteiger partial charge in [-0.25, -0.2) is 0 Å². The first-order valence-electron chi connectivity index (χ1n) is 7.91. The minimum Gasteiger partial charge on any atom is -0.282 e. The van der Waals surface area contributed by atoms with E-state index in [0.717, 1.165) is 23.9 Å². The Morgan fingerprint density at radius 1 is 0.821 bits per heavy atom. The molecule has 0 aliphatic rings. The van der Waals surface area contributed by atoms with Gasteiger partial charge in [0.2, 0.25) is 10.2 Å². The Hall–Kier alpha value is -2.51. The molecule has 2 nitrogen and oxygen atoms in total. The molecule has 2 rings (SSSR count). The molecule has 0 aliphatic heterocycles. The number of rotatable bonds is 6. The molecule has 2 aromatic rings. The van der Waals surface area contributed by atoms with E-state index in [1.54, 1.807) is 30.3 Å². The Morgan fingerprint density at radius 2 is 1.36 bits per heavy atom. The molecule has 0 amide bonds. The van der Waals surface area contributed by atoms with Gasteiger partial charge in [-0.15, -0.1) is 0 Å². The highest BCUT2D eigenvalue weighted by Gasteiger charge is 2.33. The molecule has 0 N–H and O–H groups in total. The molecule has 2 aromatic carbocycles. The first-order valence-corrected chi connectivity index (χ1v) is 9.54. The third kappa shape index (κ3) is 6.28. The van der Waals surface area contributed by atoms with Crippen molar-refractivity contribution in [3.8, 4) is 0 Å². The monoisotopic (exact) mass is 420 g/mol. The van der Waals surface area contributed by atoms with Gasteiger partial charge in [0.15, 0.2) is 0 Å². The number of hydrogen-bond acceptors (Lipinski definition) is 4. The maximum atomic E-state index is 13.4. The lowest BCUT2D eigenvalue weighted by atomic mass is 10.1. The topological polar surface area (TPSA) is 34.1 Å². The van der Waals surface area contributed by atoms with Gasteiger partial charge in [-0.05, 0) is 71.1 Å². The third-order valence-electron chi connectivity index (χ3n) is 3.44. The van der Waals surface area contributed by atoms with Crippen LogP contribution in [0.5, 0.6) is 0 Å². The molecule has 7 heteroatoms. The van der Waals surface area contributed by atoms with Crippen molar-refractivity contribution in [2.45, 2.75) is 16.0 Å². The molecule has 0 atom stereocenters. The summed E-state index contributed by atoms with van der Waals surface area (Å²) in [6.45, 7) is 6.70. The number of alkyl halides is 3. The Labute approximate surface area is 169 Å². The summed E-state index contributed by atoms with van der Waals surface area (Å²) < 4.78 is 40.2. The lowest BCUT2D eigenvalue weighted by Gasteiger charge is -2.12. The van der Waals surface area contributed by atoms with Crippen LogP contribution < -0.4 is 0 Å². The molecule has 0 unspecified atom stereocenters. The smallest absolute Gasteiger partial charge is 0.282 e. The molecule has 28 heavy (non-hydrogen) atoms. The Morgan fingerprint density at radius 3 is 1.89 bits per heavy atom. The van der Waals surface area contributed by atoms with E-state index < -0.39 is 16.9 Å². The van der Waals surface area contributed by atoms with Gasteiger partial charge >= 0.3 is 6.18 Å². The van der Waals surface area contributed by atoms with Crippen LogP contribution in [0.2, 0.25) is 0 Å². The highest BCUT2D eigenvalue weighted by Crippen LogP contribution is 2.36. The number of benzene rings is 2. The second kappa shape index (κ2) is 9.61. The zero-order valence-corrected chi connectivity index (χ0v) is 16.2. The molecule has 0 aliphatic carbocycles. The zero-order chi connectivity index (χ0) is 20.7. The molecule has 0 spiro atoms. The highest BCUT2D eigenvalue weighted by atomic mass is 32.2. The Balaban J connectivity index is 2.26. The van der Waals surface area contributed by atoms with Crippen LogP contribution in [0, 0.1) is 0 Å². The summed E-state index contributed by atoms with van der Waals surface area (Å²) in [5.41, 5.74) is -0.152. The van der Waals surface area contributed by atoms with Crippen molar-refractivity contribution in [2.75, 3.05) is 0 Å². The van der Waals surface area contributed by atoms with E-state index in [2.05, 4.69) is 13.2 Å². The van der Waals surface area contributed by atoms with Crippen molar-refractivity contribution in [2.24, 2.45) is 0 Å². The first-order chi connectivity index (χ1) is 13.2. The lowest BCUT2D eigenvalue weighted by molar-refractivity contribution is -0.137. The van der Waals surface area contributed by atoms with Crippen LogP contribution in [0.3, 0.4) is 0 Å². The molecule has 0 saturated carbocycles. The van der Waals surface area contributed by atoms with Crippen LogP contribution >= 0.6 is 23.5 Å². The molecule has 0 aromatic heterocycles. The Bertz CT molecular complexity index is 930. The minimum atomic E-state index is -4.56. The molecule has 0 bridgehead atoms. The molecule has 0 saturated heterocycles. The standard InChI is InChI=1S/C21H15F3O2S2/c1-3-19(25)27-16-10-6-14(7-11-16)5-8-15-9-12-17(28-20(26)4-2)13-18(15)21(22,23)24/h3-13H,1-2H2. The molecule has 0 radical (unpaired) electrons. The van der Waals surface area contributed by atoms with Gasteiger partial charge in [-0.3, -0.25) is 9.59 Å².